The number of halogens is 21. The van der Waals surface area contributed by atoms with Crippen LogP contribution in [0.2, 0.25) is 0 Å². The summed E-state index contributed by atoms with van der Waals surface area (Å²) < 4.78 is 314. The summed E-state index contributed by atoms with van der Waals surface area (Å²) in [6, 6.07) is 14.3. The number of para-hydroxylation sites is 1. The standard InChI is InChI=1S/C24BF20.C19H14FN2O3/c26-5-1(6(27)14(35)21(42)13(5)34)25(2-7(28)15(36)22(43)16(37)8(2)29,3-9(30)17(38)23(44)18(39)10(3)31)4-11(32)19(40)24(45)20(41)12(4)33;20-15-8-4-5-9-18(15)25-19(24)16-12-21-10-11-22(16)13-17(23)14-6-2-1-3-7-14/h;1-12H,13H2/q-1;+1. The summed E-state index contributed by atoms with van der Waals surface area (Å²) in [5.74, 6) is -73.2. The number of ether oxygens (including phenoxy) is 1. The predicted octanol–water partition coefficient (Wildman–Crippen LogP) is 8.46. The lowest BCUT2D eigenvalue weighted by molar-refractivity contribution is -0.686. The molecule has 0 saturated carbocycles. The van der Waals surface area contributed by atoms with Crippen LogP contribution < -0.4 is 31.2 Å². The molecular weight excluding hydrogens is 1000 g/mol. The summed E-state index contributed by atoms with van der Waals surface area (Å²) in [4.78, 5) is 28.6. The number of esters is 1. The van der Waals surface area contributed by atoms with E-state index in [0.717, 1.165) is 0 Å². The number of carbonyl (C=O) groups is 2. The number of ketones is 1. The van der Waals surface area contributed by atoms with Crippen molar-refractivity contribution < 1.29 is 111 Å². The third-order valence-electron chi connectivity index (χ3n) is 10.2. The molecule has 1 heterocycles. The second-order valence-corrected chi connectivity index (χ2v) is 14.0. The van der Waals surface area contributed by atoms with Crippen LogP contribution in [0.25, 0.3) is 0 Å². The van der Waals surface area contributed by atoms with Gasteiger partial charge in [-0.2, -0.15) is 4.57 Å². The third-order valence-corrected chi connectivity index (χ3v) is 10.2. The number of aromatic nitrogens is 2. The van der Waals surface area contributed by atoms with Gasteiger partial charge in [0.2, 0.25) is 12.3 Å². The van der Waals surface area contributed by atoms with Crippen LogP contribution in [0, 0.1) is 122 Å². The lowest BCUT2D eigenvalue weighted by Gasteiger charge is -2.44. The van der Waals surface area contributed by atoms with Gasteiger partial charge in [0.25, 0.3) is 0 Å². The highest BCUT2D eigenvalue weighted by molar-refractivity contribution is 7.20. The van der Waals surface area contributed by atoms with Gasteiger partial charge in [0.1, 0.15) is 58.9 Å². The fourth-order valence-corrected chi connectivity index (χ4v) is 7.12. The number of Topliss-reactive ketones (excluding diaryl/α,β-unsaturated/α-hetero) is 1. The molecule has 7 aromatic rings. The largest absolute Gasteiger partial charge is 0.415 e. The van der Waals surface area contributed by atoms with Crippen LogP contribution in [0.3, 0.4) is 0 Å². The zero-order valence-corrected chi connectivity index (χ0v) is 33.3. The van der Waals surface area contributed by atoms with Crippen molar-refractivity contribution in [2.75, 3.05) is 0 Å². The summed E-state index contributed by atoms with van der Waals surface area (Å²) in [6.45, 7) is -0.0613. The van der Waals surface area contributed by atoms with Crippen molar-refractivity contribution in [3.05, 3.63) is 207 Å². The van der Waals surface area contributed by atoms with Gasteiger partial charge in [0, 0.05) is 5.56 Å². The molecule has 1 aromatic heterocycles. The van der Waals surface area contributed by atoms with E-state index >= 15 is 35.1 Å². The van der Waals surface area contributed by atoms with E-state index in [1.54, 1.807) is 30.3 Å². The molecule has 0 aliphatic heterocycles. The molecule has 0 atom stereocenters. The van der Waals surface area contributed by atoms with Crippen molar-refractivity contribution >= 4 is 39.7 Å². The maximum atomic E-state index is 15.4. The predicted molar refractivity (Wildman–Crippen MR) is 196 cm³/mol. The van der Waals surface area contributed by atoms with Crippen LogP contribution in [0.1, 0.15) is 20.8 Å². The van der Waals surface area contributed by atoms with E-state index in [1.807, 2.05) is 6.07 Å². The number of carbonyl (C=O) groups excluding carboxylic acids is 2. The topological polar surface area (TPSA) is 60.1 Å². The first kappa shape index (κ1) is 51.5. The average Bonchev–Trinajstić information content (AvgIpc) is 3.35. The number of rotatable bonds is 9. The Hall–Kier alpha value is -7.87. The van der Waals surface area contributed by atoms with Gasteiger partial charge in [0.15, 0.2) is 87.6 Å². The molecule has 0 amide bonds. The summed E-state index contributed by atoms with van der Waals surface area (Å²) in [6.07, 6.45) is -2.98. The van der Waals surface area contributed by atoms with Crippen molar-refractivity contribution in [2.24, 2.45) is 0 Å². The van der Waals surface area contributed by atoms with Gasteiger partial charge in [-0.1, -0.05) is 42.5 Å². The van der Waals surface area contributed by atoms with Gasteiger partial charge in [-0.05, 0) is 12.1 Å². The fourth-order valence-electron chi connectivity index (χ4n) is 7.12. The van der Waals surface area contributed by atoms with Crippen molar-refractivity contribution in [1.29, 1.82) is 0 Å². The van der Waals surface area contributed by atoms with Gasteiger partial charge in [-0.25, -0.2) is 97.0 Å². The van der Waals surface area contributed by atoms with Crippen LogP contribution in [0.15, 0.2) is 73.2 Å². The van der Waals surface area contributed by atoms with E-state index < -0.39 is 156 Å². The zero-order chi connectivity index (χ0) is 52.0. The number of hydrogen-bond donors (Lipinski definition) is 0. The minimum absolute atomic E-state index is 0.0510. The normalized spacial score (nSPS) is 11.4. The molecule has 0 saturated heterocycles. The highest BCUT2D eigenvalue weighted by Crippen LogP contribution is 2.31. The highest BCUT2D eigenvalue weighted by Gasteiger charge is 2.52. The SMILES string of the molecule is Fc1c(F)c(F)c([B-](c2c(F)c(F)c(F)c(F)c2F)(c2c(F)c(F)c(F)c(F)c2F)c2c(F)c(F)c(F)c(F)c2F)c(F)c1F.O=C(C[n+]1ccncc1C(=O)Oc1ccccc1F)c1ccccc1. The molecule has 364 valence electrons. The van der Waals surface area contributed by atoms with E-state index in [9.17, 15) is 66.7 Å². The molecule has 7 rings (SSSR count). The lowest BCUT2D eigenvalue weighted by Crippen LogP contribution is -2.81. The Balaban J connectivity index is 0.000000270. The minimum Gasteiger partial charge on any atom is -0.415 e. The van der Waals surface area contributed by atoms with Gasteiger partial charge in [0.05, 0.1) is 6.20 Å². The van der Waals surface area contributed by atoms with E-state index in [2.05, 4.69) is 4.98 Å². The minimum atomic E-state index is -7.22. The first-order valence-corrected chi connectivity index (χ1v) is 18.5. The van der Waals surface area contributed by atoms with Crippen LogP contribution in [-0.4, -0.2) is 22.9 Å². The maximum absolute atomic E-state index is 15.4. The molecule has 0 spiro atoms. The molecule has 0 bridgehead atoms. The molecule has 70 heavy (non-hydrogen) atoms. The Morgan fingerprint density at radius 1 is 0.429 bits per heavy atom. The maximum Gasteiger partial charge on any atom is 0.410 e. The zero-order valence-electron chi connectivity index (χ0n) is 33.3. The Morgan fingerprint density at radius 2 is 0.743 bits per heavy atom. The monoisotopic (exact) mass is 1020 g/mol. The smallest absolute Gasteiger partial charge is 0.410 e. The van der Waals surface area contributed by atoms with Crippen molar-refractivity contribution in [2.45, 2.75) is 6.54 Å². The molecule has 0 aliphatic rings. The highest BCUT2D eigenvalue weighted by atomic mass is 19.2. The second-order valence-electron chi connectivity index (χ2n) is 14.0. The Labute approximate surface area is 374 Å². The molecule has 0 fully saturated rings. The summed E-state index contributed by atoms with van der Waals surface area (Å²) in [5, 5.41) is 0. The Bertz CT molecular complexity index is 2910. The molecule has 0 N–H and O–H groups in total. The van der Waals surface area contributed by atoms with Gasteiger partial charge < -0.3 is 4.74 Å². The summed E-state index contributed by atoms with van der Waals surface area (Å²) in [7, 11) is 0. The number of nitrogens with zero attached hydrogens (tertiary/aromatic N) is 2. The van der Waals surface area contributed by atoms with Crippen LogP contribution in [-0.2, 0) is 6.54 Å². The molecule has 0 unspecified atom stereocenters. The van der Waals surface area contributed by atoms with E-state index in [-0.39, 0.29) is 23.8 Å². The van der Waals surface area contributed by atoms with Gasteiger partial charge >= 0.3 is 11.7 Å². The van der Waals surface area contributed by atoms with Gasteiger partial charge in [-0.3, -0.25) is 9.78 Å². The number of hydrogen-bond acceptors (Lipinski definition) is 4. The lowest BCUT2D eigenvalue weighted by atomic mass is 9.12. The Morgan fingerprint density at radius 3 is 1.09 bits per heavy atom. The quantitative estimate of drug-likeness (QED) is 0.0213. The molecule has 6 aromatic carbocycles. The third kappa shape index (κ3) is 8.41. The van der Waals surface area contributed by atoms with Crippen molar-refractivity contribution in [3.63, 3.8) is 0 Å². The van der Waals surface area contributed by atoms with Crippen LogP contribution in [0.5, 0.6) is 5.75 Å². The van der Waals surface area contributed by atoms with E-state index in [4.69, 9.17) is 4.74 Å². The molecule has 0 radical (unpaired) electrons. The second kappa shape index (κ2) is 19.6. The van der Waals surface area contributed by atoms with Crippen LogP contribution >= 0.6 is 0 Å². The van der Waals surface area contributed by atoms with Crippen LogP contribution in [0.4, 0.5) is 92.2 Å². The van der Waals surface area contributed by atoms with Crippen molar-refractivity contribution in [1.82, 2.24) is 4.98 Å². The average molecular weight is 1020 g/mol. The summed E-state index contributed by atoms with van der Waals surface area (Å²) >= 11 is 0. The molecule has 5 nitrogen and oxygen atoms in total. The number of benzene rings is 6. The molecule has 27 heteroatoms. The van der Waals surface area contributed by atoms with E-state index in [1.165, 1.54) is 41.4 Å². The van der Waals surface area contributed by atoms with Gasteiger partial charge in [-0.15, -0.1) is 21.9 Å². The van der Waals surface area contributed by atoms with E-state index in [0.29, 0.717) is 5.56 Å². The first-order valence-electron chi connectivity index (χ1n) is 18.5. The first-order chi connectivity index (χ1) is 32.8. The Kier molecular flexibility index (Phi) is 14.4. The molecular formula is C43H14BF21N2O3. The summed E-state index contributed by atoms with van der Waals surface area (Å²) in [5.41, 5.74) is -13.8. The fraction of sp³-hybridized carbons (Fsp3) is 0.0233. The molecule has 0 aliphatic carbocycles. The van der Waals surface area contributed by atoms with Crippen molar-refractivity contribution in [3.8, 4) is 5.75 Å².